The van der Waals surface area contributed by atoms with Crippen LogP contribution >= 0.6 is 0 Å². The number of nitro benzene ring substituents is 1. The molecule has 0 fully saturated rings. The molecule has 0 aliphatic rings. The summed E-state index contributed by atoms with van der Waals surface area (Å²) in [5.41, 5.74) is 1.77. The van der Waals surface area contributed by atoms with Crippen LogP contribution in [0, 0.1) is 17.0 Å². The molecule has 2 aromatic rings. The highest BCUT2D eigenvalue weighted by molar-refractivity contribution is 5.56. The van der Waals surface area contributed by atoms with Gasteiger partial charge in [-0.15, -0.1) is 0 Å². The zero-order valence-electron chi connectivity index (χ0n) is 12.5. The number of nitrogens with zero attached hydrogens (tertiary/aromatic N) is 1. The van der Waals surface area contributed by atoms with Crippen molar-refractivity contribution in [2.24, 2.45) is 0 Å². The van der Waals surface area contributed by atoms with Crippen LogP contribution in [0.1, 0.15) is 5.56 Å². The molecule has 0 radical (unpaired) electrons. The van der Waals surface area contributed by atoms with Crippen molar-refractivity contribution in [3.63, 3.8) is 0 Å². The molecule has 0 bridgehead atoms. The summed E-state index contributed by atoms with van der Waals surface area (Å²) >= 11 is 0. The Kier molecular flexibility index (Phi) is 5.19. The number of ether oxygens (including phenoxy) is 2. The van der Waals surface area contributed by atoms with Gasteiger partial charge in [0.25, 0.3) is 5.69 Å². The fraction of sp³-hybridized carbons (Fsp3) is 0.250. The van der Waals surface area contributed by atoms with Crippen molar-refractivity contribution in [1.82, 2.24) is 0 Å². The van der Waals surface area contributed by atoms with E-state index in [9.17, 15) is 10.1 Å². The maximum Gasteiger partial charge on any atom is 0.271 e. The minimum atomic E-state index is -0.404. The minimum absolute atomic E-state index is 0.0733. The lowest BCUT2D eigenvalue weighted by Crippen LogP contribution is -2.12. The molecule has 0 unspecified atom stereocenters. The number of rotatable bonds is 7. The number of aryl methyl sites for hydroxylation is 1. The summed E-state index contributed by atoms with van der Waals surface area (Å²) in [6.07, 6.45) is 0. The van der Waals surface area contributed by atoms with Crippen molar-refractivity contribution in [3.05, 3.63) is 58.1 Å². The Morgan fingerprint density at radius 2 is 1.82 bits per heavy atom. The maximum absolute atomic E-state index is 10.8. The average molecular weight is 302 g/mol. The Morgan fingerprint density at radius 3 is 2.45 bits per heavy atom. The molecule has 0 saturated carbocycles. The largest absolute Gasteiger partial charge is 0.497 e. The van der Waals surface area contributed by atoms with E-state index in [0.29, 0.717) is 13.2 Å². The highest BCUT2D eigenvalue weighted by Crippen LogP contribution is 2.21. The zero-order chi connectivity index (χ0) is 15.9. The molecule has 2 aromatic carbocycles. The molecule has 0 aliphatic heterocycles. The minimum Gasteiger partial charge on any atom is -0.497 e. The predicted molar refractivity (Wildman–Crippen MR) is 84.8 cm³/mol. The van der Waals surface area contributed by atoms with Crippen LogP contribution in [0.2, 0.25) is 0 Å². The van der Waals surface area contributed by atoms with Crippen molar-refractivity contribution in [2.45, 2.75) is 6.92 Å². The van der Waals surface area contributed by atoms with Gasteiger partial charge in [0.2, 0.25) is 0 Å². The summed E-state index contributed by atoms with van der Waals surface area (Å²) < 4.78 is 10.7. The van der Waals surface area contributed by atoms with E-state index >= 15 is 0 Å². The molecule has 0 aromatic heterocycles. The van der Waals surface area contributed by atoms with E-state index in [1.807, 2.05) is 31.2 Å². The van der Waals surface area contributed by atoms with Gasteiger partial charge in [0.05, 0.1) is 12.0 Å². The molecular formula is C16H18N2O4. The van der Waals surface area contributed by atoms with E-state index < -0.39 is 4.92 Å². The number of anilines is 1. The normalized spacial score (nSPS) is 10.1. The average Bonchev–Trinajstić information content (AvgIpc) is 2.53. The van der Waals surface area contributed by atoms with Crippen LogP contribution < -0.4 is 14.8 Å². The first kappa shape index (κ1) is 15.6. The van der Waals surface area contributed by atoms with Gasteiger partial charge >= 0.3 is 0 Å². The number of non-ortho nitro benzene ring substituents is 1. The number of benzene rings is 2. The van der Waals surface area contributed by atoms with Gasteiger partial charge in [-0.1, -0.05) is 6.07 Å². The third kappa shape index (κ3) is 4.12. The van der Waals surface area contributed by atoms with Gasteiger partial charge in [0, 0.05) is 24.4 Å². The monoisotopic (exact) mass is 302 g/mol. The van der Waals surface area contributed by atoms with Crippen LogP contribution in [0.4, 0.5) is 11.4 Å². The van der Waals surface area contributed by atoms with Crippen molar-refractivity contribution in [1.29, 1.82) is 0 Å². The van der Waals surface area contributed by atoms with Gasteiger partial charge < -0.3 is 14.8 Å². The Balaban J connectivity index is 1.85. The molecule has 0 saturated heterocycles. The third-order valence-corrected chi connectivity index (χ3v) is 3.18. The molecule has 116 valence electrons. The van der Waals surface area contributed by atoms with Gasteiger partial charge in [-0.25, -0.2) is 0 Å². The molecule has 0 spiro atoms. The van der Waals surface area contributed by atoms with Crippen LogP contribution in [0.25, 0.3) is 0 Å². The second-order valence-electron chi connectivity index (χ2n) is 4.71. The fourth-order valence-electron chi connectivity index (χ4n) is 1.94. The Hall–Kier alpha value is -2.76. The van der Waals surface area contributed by atoms with Gasteiger partial charge in [-0.2, -0.15) is 0 Å². The quantitative estimate of drug-likeness (QED) is 0.482. The topological polar surface area (TPSA) is 73.6 Å². The first-order chi connectivity index (χ1) is 10.6. The summed E-state index contributed by atoms with van der Waals surface area (Å²) in [7, 11) is 1.61. The molecule has 0 aliphatic carbocycles. The molecule has 1 N–H and O–H groups in total. The first-order valence-electron chi connectivity index (χ1n) is 6.86. The lowest BCUT2D eigenvalue weighted by atomic mass is 10.2. The van der Waals surface area contributed by atoms with Crippen molar-refractivity contribution in [3.8, 4) is 11.5 Å². The lowest BCUT2D eigenvalue weighted by molar-refractivity contribution is -0.384. The van der Waals surface area contributed by atoms with E-state index in [1.54, 1.807) is 13.2 Å². The van der Waals surface area contributed by atoms with Crippen LogP contribution in [-0.2, 0) is 0 Å². The summed E-state index contributed by atoms with van der Waals surface area (Å²) in [5, 5.41) is 13.9. The van der Waals surface area contributed by atoms with Crippen LogP contribution in [0.3, 0.4) is 0 Å². The standard InChI is InChI=1S/C16H18N2O4/c1-12-3-4-13(18(19)20)11-16(12)17-9-10-22-15-7-5-14(21-2)6-8-15/h3-8,11,17H,9-10H2,1-2H3. The number of nitro groups is 1. The maximum atomic E-state index is 10.8. The molecule has 22 heavy (non-hydrogen) atoms. The summed E-state index contributed by atoms with van der Waals surface area (Å²) in [6, 6.07) is 12.1. The Morgan fingerprint density at radius 1 is 1.14 bits per heavy atom. The van der Waals surface area contributed by atoms with Gasteiger partial charge in [-0.05, 0) is 36.8 Å². The molecule has 0 amide bonds. The molecular weight excluding hydrogens is 284 g/mol. The number of nitrogens with one attached hydrogen (secondary N) is 1. The highest BCUT2D eigenvalue weighted by atomic mass is 16.6. The molecule has 2 rings (SSSR count). The molecule has 0 heterocycles. The number of hydrogen-bond acceptors (Lipinski definition) is 5. The lowest BCUT2D eigenvalue weighted by Gasteiger charge is -2.11. The SMILES string of the molecule is COc1ccc(OCCNc2cc([N+](=O)[O-])ccc2C)cc1. The van der Waals surface area contributed by atoms with Crippen molar-refractivity contribution >= 4 is 11.4 Å². The van der Waals surface area contributed by atoms with E-state index in [0.717, 1.165) is 22.7 Å². The van der Waals surface area contributed by atoms with E-state index in [2.05, 4.69) is 5.32 Å². The van der Waals surface area contributed by atoms with Gasteiger partial charge in [-0.3, -0.25) is 10.1 Å². The Bertz CT molecular complexity index is 641. The second kappa shape index (κ2) is 7.31. The van der Waals surface area contributed by atoms with E-state index in [-0.39, 0.29) is 5.69 Å². The van der Waals surface area contributed by atoms with Crippen LogP contribution in [0.15, 0.2) is 42.5 Å². The Labute approximate surface area is 128 Å². The summed E-state index contributed by atoms with van der Waals surface area (Å²) in [6.45, 7) is 2.90. The first-order valence-corrected chi connectivity index (χ1v) is 6.86. The highest BCUT2D eigenvalue weighted by Gasteiger charge is 2.08. The second-order valence-corrected chi connectivity index (χ2v) is 4.71. The van der Waals surface area contributed by atoms with Gasteiger partial charge in [0.1, 0.15) is 18.1 Å². The third-order valence-electron chi connectivity index (χ3n) is 3.18. The van der Waals surface area contributed by atoms with Crippen LogP contribution in [-0.4, -0.2) is 25.2 Å². The van der Waals surface area contributed by atoms with E-state index in [1.165, 1.54) is 12.1 Å². The predicted octanol–water partition coefficient (Wildman–Crippen LogP) is 3.40. The number of methoxy groups -OCH3 is 1. The number of hydrogen-bond donors (Lipinski definition) is 1. The van der Waals surface area contributed by atoms with Crippen LogP contribution in [0.5, 0.6) is 11.5 Å². The van der Waals surface area contributed by atoms with Crippen molar-refractivity contribution < 1.29 is 14.4 Å². The summed E-state index contributed by atoms with van der Waals surface area (Å²) in [4.78, 5) is 10.4. The zero-order valence-corrected chi connectivity index (χ0v) is 12.5. The summed E-state index contributed by atoms with van der Waals surface area (Å²) in [5.74, 6) is 1.52. The fourth-order valence-corrected chi connectivity index (χ4v) is 1.94. The molecule has 0 atom stereocenters. The van der Waals surface area contributed by atoms with Crippen molar-refractivity contribution in [2.75, 3.05) is 25.6 Å². The van der Waals surface area contributed by atoms with E-state index in [4.69, 9.17) is 9.47 Å². The molecule has 6 heteroatoms. The van der Waals surface area contributed by atoms with Gasteiger partial charge in [0.15, 0.2) is 0 Å². The molecule has 6 nitrogen and oxygen atoms in total. The smallest absolute Gasteiger partial charge is 0.271 e.